The van der Waals surface area contributed by atoms with E-state index >= 15 is 0 Å². The number of aryl methyl sites for hydroxylation is 1. The van der Waals surface area contributed by atoms with Crippen molar-refractivity contribution in [2.45, 2.75) is 25.7 Å². The smallest absolute Gasteiger partial charge is 0.180 e. The van der Waals surface area contributed by atoms with Crippen LogP contribution in [0.5, 0.6) is 0 Å². The van der Waals surface area contributed by atoms with Gasteiger partial charge in [-0.05, 0) is 36.1 Å². The summed E-state index contributed by atoms with van der Waals surface area (Å²) in [5, 5.41) is 3.49. The highest BCUT2D eigenvalue weighted by Gasteiger charge is 2.25. The third kappa shape index (κ3) is 2.87. The molecule has 1 aliphatic rings. The van der Waals surface area contributed by atoms with E-state index in [1.807, 2.05) is 24.3 Å². The fourth-order valence-electron chi connectivity index (χ4n) is 3.15. The second-order valence-corrected chi connectivity index (χ2v) is 6.12. The van der Waals surface area contributed by atoms with Crippen molar-refractivity contribution in [2.75, 3.05) is 11.9 Å². The van der Waals surface area contributed by atoms with Gasteiger partial charge in [-0.15, -0.1) is 0 Å². The second kappa shape index (κ2) is 6.40. The van der Waals surface area contributed by atoms with E-state index in [4.69, 9.17) is 0 Å². The van der Waals surface area contributed by atoms with Crippen LogP contribution in [0.4, 0.5) is 5.82 Å². The van der Waals surface area contributed by atoms with Crippen LogP contribution in [-0.4, -0.2) is 21.5 Å². The maximum absolute atomic E-state index is 4.65. The number of hydrogen-bond donors (Lipinski definition) is 1. The molecular weight excluding hydrogens is 296 g/mol. The predicted molar refractivity (Wildman–Crippen MR) is 96.0 cm³/mol. The van der Waals surface area contributed by atoms with E-state index in [0.717, 1.165) is 36.6 Å². The molecular formula is C20H20N4. The molecule has 0 aliphatic heterocycles. The lowest BCUT2D eigenvalue weighted by atomic mass is 9.77. The molecule has 4 nitrogen and oxygen atoms in total. The fraction of sp³-hybridized carbons (Fsp3) is 0.250. The van der Waals surface area contributed by atoms with Crippen molar-refractivity contribution >= 4 is 5.82 Å². The van der Waals surface area contributed by atoms with Crippen LogP contribution in [0.3, 0.4) is 0 Å². The maximum atomic E-state index is 4.65. The minimum Gasteiger partial charge on any atom is -0.369 e. The topological polar surface area (TPSA) is 50.7 Å². The Bertz CT molecular complexity index is 845. The zero-order chi connectivity index (χ0) is 16.4. The molecule has 1 aromatic carbocycles. The molecule has 4 heteroatoms. The van der Waals surface area contributed by atoms with Crippen LogP contribution in [0.25, 0.3) is 11.5 Å². The zero-order valence-electron chi connectivity index (χ0n) is 13.7. The highest BCUT2D eigenvalue weighted by Crippen LogP contribution is 2.34. The first kappa shape index (κ1) is 14.8. The highest BCUT2D eigenvalue weighted by molar-refractivity contribution is 5.53. The summed E-state index contributed by atoms with van der Waals surface area (Å²) >= 11 is 0. The van der Waals surface area contributed by atoms with Crippen molar-refractivity contribution in [2.24, 2.45) is 0 Å². The molecule has 0 bridgehead atoms. The van der Waals surface area contributed by atoms with Gasteiger partial charge < -0.3 is 5.32 Å². The van der Waals surface area contributed by atoms with Crippen molar-refractivity contribution in [1.82, 2.24) is 15.0 Å². The van der Waals surface area contributed by atoms with Crippen LogP contribution in [0, 0.1) is 0 Å². The Balaban J connectivity index is 1.53. The molecule has 0 fully saturated rings. The Morgan fingerprint density at radius 2 is 1.96 bits per heavy atom. The maximum Gasteiger partial charge on any atom is 0.180 e. The number of benzene rings is 1. The van der Waals surface area contributed by atoms with Crippen molar-refractivity contribution in [3.63, 3.8) is 0 Å². The molecule has 1 N–H and O–H groups in total. The SMILES string of the molecule is CCc1cc(NC[C@H]2Cc3ccccc32)nc(-c2ccccn2)n1. The summed E-state index contributed by atoms with van der Waals surface area (Å²) in [6, 6.07) is 16.5. The Morgan fingerprint density at radius 1 is 1.08 bits per heavy atom. The minimum absolute atomic E-state index is 0.569. The Kier molecular flexibility index (Phi) is 3.95. The summed E-state index contributed by atoms with van der Waals surface area (Å²) in [5.74, 6) is 2.14. The lowest BCUT2D eigenvalue weighted by molar-refractivity contribution is 0.634. The molecule has 3 aromatic rings. The number of rotatable bonds is 5. The molecule has 1 atom stereocenters. The van der Waals surface area contributed by atoms with Crippen LogP contribution < -0.4 is 5.32 Å². The highest BCUT2D eigenvalue weighted by atomic mass is 15.0. The van der Waals surface area contributed by atoms with E-state index in [1.165, 1.54) is 11.1 Å². The Hall–Kier alpha value is -2.75. The monoisotopic (exact) mass is 316 g/mol. The van der Waals surface area contributed by atoms with Gasteiger partial charge in [0.25, 0.3) is 0 Å². The third-order valence-electron chi connectivity index (χ3n) is 4.53. The van der Waals surface area contributed by atoms with Crippen molar-refractivity contribution in [1.29, 1.82) is 0 Å². The fourth-order valence-corrected chi connectivity index (χ4v) is 3.15. The van der Waals surface area contributed by atoms with Crippen molar-refractivity contribution in [3.8, 4) is 11.5 Å². The first-order chi connectivity index (χ1) is 11.8. The van der Waals surface area contributed by atoms with Crippen LogP contribution in [0.2, 0.25) is 0 Å². The van der Waals surface area contributed by atoms with Gasteiger partial charge in [-0.25, -0.2) is 9.97 Å². The van der Waals surface area contributed by atoms with E-state index < -0.39 is 0 Å². The largest absolute Gasteiger partial charge is 0.369 e. The van der Waals surface area contributed by atoms with Gasteiger partial charge in [-0.3, -0.25) is 4.98 Å². The molecule has 120 valence electrons. The second-order valence-electron chi connectivity index (χ2n) is 6.12. The van der Waals surface area contributed by atoms with Gasteiger partial charge in [0.05, 0.1) is 0 Å². The molecule has 4 rings (SSSR count). The van der Waals surface area contributed by atoms with Crippen molar-refractivity contribution < 1.29 is 0 Å². The van der Waals surface area contributed by atoms with Gasteiger partial charge in [0, 0.05) is 30.4 Å². The summed E-state index contributed by atoms with van der Waals surface area (Å²) in [5.41, 5.74) is 4.77. The van der Waals surface area contributed by atoms with Gasteiger partial charge in [0.2, 0.25) is 0 Å². The lowest BCUT2D eigenvalue weighted by Crippen LogP contribution is -2.24. The van der Waals surface area contributed by atoms with E-state index in [-0.39, 0.29) is 0 Å². The lowest BCUT2D eigenvalue weighted by Gasteiger charge is -2.30. The zero-order valence-corrected chi connectivity index (χ0v) is 13.7. The summed E-state index contributed by atoms with van der Waals surface area (Å²) in [7, 11) is 0. The first-order valence-electron chi connectivity index (χ1n) is 8.44. The van der Waals surface area contributed by atoms with E-state index in [9.17, 15) is 0 Å². The van der Waals surface area contributed by atoms with Crippen LogP contribution in [0.1, 0.15) is 29.7 Å². The predicted octanol–water partition coefficient (Wildman–Crippen LogP) is 3.85. The quantitative estimate of drug-likeness (QED) is 0.777. The van der Waals surface area contributed by atoms with Crippen LogP contribution in [-0.2, 0) is 12.8 Å². The van der Waals surface area contributed by atoms with Gasteiger partial charge >= 0.3 is 0 Å². The number of fused-ring (bicyclic) bond motifs is 1. The summed E-state index contributed by atoms with van der Waals surface area (Å²) in [6.07, 6.45) is 3.79. The number of nitrogens with one attached hydrogen (secondary N) is 1. The Morgan fingerprint density at radius 3 is 2.75 bits per heavy atom. The average molecular weight is 316 g/mol. The molecule has 0 amide bonds. The van der Waals surface area contributed by atoms with Crippen LogP contribution in [0.15, 0.2) is 54.7 Å². The Labute approximate surface area is 142 Å². The van der Waals surface area contributed by atoms with Gasteiger partial charge in [0.15, 0.2) is 5.82 Å². The van der Waals surface area contributed by atoms with E-state index in [1.54, 1.807) is 6.20 Å². The number of anilines is 1. The molecule has 0 unspecified atom stereocenters. The van der Waals surface area contributed by atoms with Gasteiger partial charge in [-0.2, -0.15) is 0 Å². The first-order valence-corrected chi connectivity index (χ1v) is 8.44. The number of pyridine rings is 1. The molecule has 0 radical (unpaired) electrons. The normalized spacial score (nSPS) is 15.5. The standard InChI is InChI=1S/C20H20N4/c1-2-16-12-19(24-20(23-16)18-9-5-6-10-21-18)22-13-15-11-14-7-3-4-8-17(14)15/h3-10,12,15H,2,11,13H2,1H3,(H,22,23,24)/t15-/m1/s1. The molecule has 0 saturated heterocycles. The molecule has 0 saturated carbocycles. The van der Waals surface area contributed by atoms with Crippen LogP contribution >= 0.6 is 0 Å². The molecule has 2 heterocycles. The van der Waals surface area contributed by atoms with E-state index in [0.29, 0.717) is 11.7 Å². The van der Waals surface area contributed by atoms with Crippen molar-refractivity contribution in [3.05, 3.63) is 71.5 Å². The average Bonchev–Trinajstić information content (AvgIpc) is 2.63. The van der Waals surface area contributed by atoms with Gasteiger partial charge in [-0.1, -0.05) is 37.3 Å². The number of nitrogens with zero attached hydrogens (tertiary/aromatic N) is 3. The molecule has 24 heavy (non-hydrogen) atoms. The van der Waals surface area contributed by atoms with Gasteiger partial charge in [0.1, 0.15) is 11.5 Å². The molecule has 1 aliphatic carbocycles. The molecule has 0 spiro atoms. The minimum atomic E-state index is 0.569. The summed E-state index contributed by atoms with van der Waals surface area (Å²) in [6.45, 7) is 3.01. The molecule has 2 aromatic heterocycles. The third-order valence-corrected chi connectivity index (χ3v) is 4.53. The van der Waals surface area contributed by atoms with E-state index in [2.05, 4.69) is 51.5 Å². The number of aromatic nitrogens is 3. The summed E-state index contributed by atoms with van der Waals surface area (Å²) in [4.78, 5) is 13.6. The number of hydrogen-bond acceptors (Lipinski definition) is 4. The summed E-state index contributed by atoms with van der Waals surface area (Å²) < 4.78 is 0.